The van der Waals surface area contributed by atoms with Crippen molar-refractivity contribution in [1.82, 2.24) is 5.01 Å². The number of ether oxygens (including phenoxy) is 1. The summed E-state index contributed by atoms with van der Waals surface area (Å²) in [5.74, 6) is 0.469. The average Bonchev–Trinajstić information content (AvgIpc) is 2.47. The topological polar surface area (TPSA) is 80.3 Å². The van der Waals surface area contributed by atoms with Crippen LogP contribution in [0.25, 0.3) is 0 Å². The Morgan fingerprint density at radius 1 is 1.35 bits per heavy atom. The van der Waals surface area contributed by atoms with Crippen molar-refractivity contribution in [2.75, 3.05) is 19.7 Å². The highest BCUT2D eigenvalue weighted by Gasteiger charge is 2.16. The van der Waals surface area contributed by atoms with E-state index in [2.05, 4.69) is 10.3 Å². The van der Waals surface area contributed by atoms with Gasteiger partial charge in [-0.3, -0.25) is 15.1 Å². The van der Waals surface area contributed by atoms with E-state index in [0.29, 0.717) is 12.4 Å². The highest BCUT2D eigenvalue weighted by atomic mass is 16.6. The number of piperidine rings is 1. The molecule has 0 N–H and O–H groups in total. The lowest BCUT2D eigenvalue weighted by Crippen LogP contribution is -2.23. The molecule has 7 heteroatoms. The molecule has 0 aliphatic carbocycles. The second-order valence-corrected chi connectivity index (χ2v) is 4.54. The van der Waals surface area contributed by atoms with Gasteiger partial charge in [0, 0.05) is 13.1 Å². The van der Waals surface area contributed by atoms with Crippen molar-refractivity contribution in [3.05, 3.63) is 28.3 Å². The van der Waals surface area contributed by atoms with Crippen LogP contribution in [0.1, 0.15) is 26.2 Å². The molecule has 1 saturated heterocycles. The zero-order chi connectivity index (χ0) is 14.4. The quantitative estimate of drug-likeness (QED) is 0.469. The minimum absolute atomic E-state index is 0.0864. The van der Waals surface area contributed by atoms with Gasteiger partial charge in [0.15, 0.2) is 5.69 Å². The van der Waals surface area contributed by atoms with Gasteiger partial charge in [0.05, 0.1) is 17.6 Å². The maximum absolute atomic E-state index is 11.1. The van der Waals surface area contributed by atoms with Crippen LogP contribution in [-0.2, 0) is 0 Å². The van der Waals surface area contributed by atoms with Crippen LogP contribution in [-0.4, -0.2) is 29.6 Å². The van der Waals surface area contributed by atoms with E-state index in [9.17, 15) is 10.1 Å². The third-order valence-corrected chi connectivity index (χ3v) is 3.07. The number of nitro benzene ring substituents is 1. The maximum atomic E-state index is 11.1. The van der Waals surface area contributed by atoms with Crippen LogP contribution in [0.5, 0.6) is 5.75 Å². The fourth-order valence-electron chi connectivity index (χ4n) is 2.07. The SMILES string of the molecule is CCOc1ccc(N=NN2CCCCC2)c([N+](=O)[O-])c1. The molecule has 1 fully saturated rings. The fourth-order valence-corrected chi connectivity index (χ4v) is 2.07. The summed E-state index contributed by atoms with van der Waals surface area (Å²) in [4.78, 5) is 10.6. The van der Waals surface area contributed by atoms with Gasteiger partial charge in [0.1, 0.15) is 5.75 Å². The molecule has 0 spiro atoms. The van der Waals surface area contributed by atoms with Crippen molar-refractivity contribution in [3.63, 3.8) is 0 Å². The second kappa shape index (κ2) is 6.83. The number of nitro groups is 1. The lowest BCUT2D eigenvalue weighted by atomic mass is 10.2. The van der Waals surface area contributed by atoms with Crippen molar-refractivity contribution in [3.8, 4) is 5.75 Å². The van der Waals surface area contributed by atoms with Crippen LogP contribution in [0.15, 0.2) is 28.5 Å². The second-order valence-electron chi connectivity index (χ2n) is 4.54. The van der Waals surface area contributed by atoms with E-state index in [0.717, 1.165) is 25.9 Å². The Morgan fingerprint density at radius 2 is 2.10 bits per heavy atom. The van der Waals surface area contributed by atoms with E-state index in [1.165, 1.54) is 12.5 Å². The summed E-state index contributed by atoms with van der Waals surface area (Å²) in [6.07, 6.45) is 3.38. The summed E-state index contributed by atoms with van der Waals surface area (Å²) in [6.45, 7) is 4.00. The Kier molecular flexibility index (Phi) is 4.86. The van der Waals surface area contributed by atoms with Gasteiger partial charge in [0.25, 0.3) is 5.69 Å². The van der Waals surface area contributed by atoms with Crippen LogP contribution < -0.4 is 4.74 Å². The van der Waals surface area contributed by atoms with E-state index in [1.807, 2.05) is 11.9 Å². The molecule has 0 aromatic heterocycles. The summed E-state index contributed by atoms with van der Waals surface area (Å²) >= 11 is 0. The first-order valence-corrected chi connectivity index (χ1v) is 6.78. The first-order chi connectivity index (χ1) is 9.70. The smallest absolute Gasteiger partial charge is 0.300 e. The largest absolute Gasteiger partial charge is 0.494 e. The average molecular weight is 278 g/mol. The third-order valence-electron chi connectivity index (χ3n) is 3.07. The van der Waals surface area contributed by atoms with Crippen LogP contribution in [0.3, 0.4) is 0 Å². The Balaban J connectivity index is 2.17. The van der Waals surface area contributed by atoms with Crippen LogP contribution in [0.2, 0.25) is 0 Å². The molecule has 0 unspecified atom stereocenters. The van der Waals surface area contributed by atoms with Gasteiger partial charge in [-0.25, -0.2) is 0 Å². The van der Waals surface area contributed by atoms with Gasteiger partial charge in [-0.15, -0.1) is 5.11 Å². The molecule has 20 heavy (non-hydrogen) atoms. The summed E-state index contributed by atoms with van der Waals surface area (Å²) < 4.78 is 5.26. The van der Waals surface area contributed by atoms with Gasteiger partial charge in [0.2, 0.25) is 0 Å². The lowest BCUT2D eigenvalue weighted by Gasteiger charge is -2.21. The minimum Gasteiger partial charge on any atom is -0.494 e. The van der Waals surface area contributed by atoms with Crippen LogP contribution in [0, 0.1) is 10.1 Å². The Bertz CT molecular complexity index is 498. The van der Waals surface area contributed by atoms with Crippen LogP contribution in [0.4, 0.5) is 11.4 Å². The predicted octanol–water partition coefficient (Wildman–Crippen LogP) is 3.48. The molecule has 0 bridgehead atoms. The van der Waals surface area contributed by atoms with Crippen LogP contribution >= 0.6 is 0 Å². The first kappa shape index (κ1) is 14.2. The van der Waals surface area contributed by atoms with E-state index in [4.69, 9.17) is 4.74 Å². The Morgan fingerprint density at radius 3 is 2.75 bits per heavy atom. The Labute approximate surface area is 117 Å². The van der Waals surface area contributed by atoms with Crippen molar-refractivity contribution in [1.29, 1.82) is 0 Å². The molecule has 0 radical (unpaired) electrons. The van der Waals surface area contributed by atoms with Gasteiger partial charge in [-0.1, -0.05) is 5.22 Å². The lowest BCUT2D eigenvalue weighted by molar-refractivity contribution is -0.384. The number of nitrogens with zero attached hydrogens (tertiary/aromatic N) is 4. The minimum atomic E-state index is -0.465. The summed E-state index contributed by atoms with van der Waals surface area (Å²) in [5.41, 5.74) is 0.167. The first-order valence-electron chi connectivity index (χ1n) is 6.78. The normalized spacial score (nSPS) is 15.6. The van der Waals surface area contributed by atoms with E-state index in [1.54, 1.807) is 12.1 Å². The maximum Gasteiger partial charge on any atom is 0.300 e. The summed E-state index contributed by atoms with van der Waals surface area (Å²) in [5, 5.41) is 21.0. The highest BCUT2D eigenvalue weighted by Crippen LogP contribution is 2.31. The molecule has 1 heterocycles. The molecule has 0 atom stereocenters. The summed E-state index contributed by atoms with van der Waals surface area (Å²) in [6, 6.07) is 4.62. The Hall–Kier alpha value is -2.18. The van der Waals surface area contributed by atoms with E-state index >= 15 is 0 Å². The van der Waals surface area contributed by atoms with Gasteiger partial charge >= 0.3 is 0 Å². The van der Waals surface area contributed by atoms with Gasteiger partial charge in [-0.2, -0.15) is 0 Å². The predicted molar refractivity (Wildman–Crippen MR) is 74.2 cm³/mol. The van der Waals surface area contributed by atoms with Crippen molar-refractivity contribution >= 4 is 11.4 Å². The van der Waals surface area contributed by atoms with Crippen molar-refractivity contribution in [2.45, 2.75) is 26.2 Å². The fraction of sp³-hybridized carbons (Fsp3) is 0.538. The third kappa shape index (κ3) is 3.66. The van der Waals surface area contributed by atoms with Crippen molar-refractivity contribution < 1.29 is 9.66 Å². The monoisotopic (exact) mass is 278 g/mol. The molecular formula is C13H18N4O3. The number of benzene rings is 1. The number of rotatable bonds is 5. The zero-order valence-corrected chi connectivity index (χ0v) is 11.5. The molecule has 7 nitrogen and oxygen atoms in total. The molecule has 1 aliphatic rings. The molecule has 2 rings (SSSR count). The highest BCUT2D eigenvalue weighted by molar-refractivity contribution is 5.59. The molecule has 1 aliphatic heterocycles. The molecule has 1 aromatic rings. The standard InChI is InChI=1S/C13H18N4O3/c1-2-20-11-6-7-12(13(10-11)17(18)19)14-15-16-8-4-3-5-9-16/h6-7,10H,2-5,8-9H2,1H3. The van der Waals surface area contributed by atoms with Crippen molar-refractivity contribution in [2.24, 2.45) is 10.3 Å². The number of hydrogen-bond donors (Lipinski definition) is 0. The van der Waals surface area contributed by atoms with Gasteiger partial charge < -0.3 is 4.74 Å². The summed E-state index contributed by atoms with van der Waals surface area (Å²) in [7, 11) is 0. The molecule has 108 valence electrons. The van der Waals surface area contributed by atoms with Gasteiger partial charge in [-0.05, 0) is 38.3 Å². The van der Waals surface area contributed by atoms with E-state index in [-0.39, 0.29) is 11.4 Å². The molecule has 0 amide bonds. The zero-order valence-electron chi connectivity index (χ0n) is 11.5. The molecule has 0 saturated carbocycles. The van der Waals surface area contributed by atoms with E-state index < -0.39 is 4.92 Å². The molecular weight excluding hydrogens is 260 g/mol. The number of hydrogen-bond acceptors (Lipinski definition) is 5. The molecule has 1 aromatic carbocycles.